The zero-order valence-corrected chi connectivity index (χ0v) is 9.09. The number of rotatable bonds is 9. The molecule has 0 bridgehead atoms. The van der Waals surface area contributed by atoms with Gasteiger partial charge in [-0.05, 0) is 32.1 Å². The molecular weight excluding hydrogens is 164 g/mol. The van der Waals surface area contributed by atoms with Crippen LogP contribution >= 0.6 is 0 Å². The standard InChI is InChI=1S/C11H24O2/c1-3-8-11(4-2)13-10-7-5-6-9-12/h11-12H,3-10H2,1-2H3. The van der Waals surface area contributed by atoms with E-state index in [9.17, 15) is 0 Å². The lowest BCUT2D eigenvalue weighted by Crippen LogP contribution is -2.12. The van der Waals surface area contributed by atoms with Crippen LogP contribution < -0.4 is 0 Å². The van der Waals surface area contributed by atoms with Crippen molar-refractivity contribution >= 4 is 0 Å². The number of hydrogen-bond donors (Lipinski definition) is 1. The zero-order valence-electron chi connectivity index (χ0n) is 9.09. The Kier molecular flexibility index (Phi) is 9.94. The zero-order chi connectivity index (χ0) is 9.94. The Morgan fingerprint density at radius 3 is 2.46 bits per heavy atom. The van der Waals surface area contributed by atoms with Crippen molar-refractivity contribution < 1.29 is 9.84 Å². The van der Waals surface area contributed by atoms with Gasteiger partial charge in [-0.2, -0.15) is 0 Å². The van der Waals surface area contributed by atoms with E-state index in [2.05, 4.69) is 13.8 Å². The van der Waals surface area contributed by atoms with Crippen LogP contribution in [0, 0.1) is 0 Å². The summed E-state index contributed by atoms with van der Waals surface area (Å²) in [6.07, 6.45) is 7.03. The van der Waals surface area contributed by atoms with E-state index in [1.807, 2.05) is 0 Å². The quantitative estimate of drug-likeness (QED) is 0.564. The smallest absolute Gasteiger partial charge is 0.0572 e. The molecule has 1 atom stereocenters. The Morgan fingerprint density at radius 1 is 1.15 bits per heavy atom. The van der Waals surface area contributed by atoms with Gasteiger partial charge in [0.25, 0.3) is 0 Å². The molecule has 0 heterocycles. The third-order valence-corrected chi connectivity index (χ3v) is 2.22. The molecule has 0 saturated carbocycles. The molecule has 0 fully saturated rings. The fraction of sp³-hybridized carbons (Fsp3) is 1.00. The number of aliphatic hydroxyl groups excluding tert-OH is 1. The van der Waals surface area contributed by atoms with Crippen molar-refractivity contribution in [1.82, 2.24) is 0 Å². The molecule has 80 valence electrons. The highest BCUT2D eigenvalue weighted by molar-refractivity contribution is 4.53. The summed E-state index contributed by atoms with van der Waals surface area (Å²) in [5.74, 6) is 0. The molecule has 13 heavy (non-hydrogen) atoms. The summed E-state index contributed by atoms with van der Waals surface area (Å²) < 4.78 is 5.70. The SMILES string of the molecule is CCCC(CC)OCCCCCO. The second-order valence-corrected chi connectivity index (χ2v) is 3.47. The summed E-state index contributed by atoms with van der Waals surface area (Å²) in [5, 5.41) is 8.56. The molecule has 0 aromatic carbocycles. The molecule has 1 unspecified atom stereocenters. The minimum Gasteiger partial charge on any atom is -0.396 e. The first kappa shape index (κ1) is 12.9. The Labute approximate surface area is 82.3 Å². The molecule has 0 aliphatic carbocycles. The van der Waals surface area contributed by atoms with Gasteiger partial charge in [0.1, 0.15) is 0 Å². The first-order valence-electron chi connectivity index (χ1n) is 5.57. The highest BCUT2D eigenvalue weighted by atomic mass is 16.5. The normalized spacial score (nSPS) is 13.2. The second-order valence-electron chi connectivity index (χ2n) is 3.47. The summed E-state index contributed by atoms with van der Waals surface area (Å²) in [4.78, 5) is 0. The predicted molar refractivity (Wildman–Crippen MR) is 55.9 cm³/mol. The van der Waals surface area contributed by atoms with E-state index in [4.69, 9.17) is 9.84 Å². The summed E-state index contributed by atoms with van der Waals surface area (Å²) in [6, 6.07) is 0. The van der Waals surface area contributed by atoms with Crippen molar-refractivity contribution in [2.45, 2.75) is 58.5 Å². The number of ether oxygens (including phenoxy) is 1. The summed E-state index contributed by atoms with van der Waals surface area (Å²) in [6.45, 7) is 5.54. The molecule has 2 heteroatoms. The van der Waals surface area contributed by atoms with E-state index < -0.39 is 0 Å². The van der Waals surface area contributed by atoms with E-state index in [1.165, 1.54) is 12.8 Å². The summed E-state index contributed by atoms with van der Waals surface area (Å²) >= 11 is 0. The van der Waals surface area contributed by atoms with E-state index in [0.717, 1.165) is 32.3 Å². The van der Waals surface area contributed by atoms with Crippen LogP contribution in [0.4, 0.5) is 0 Å². The van der Waals surface area contributed by atoms with Crippen molar-refractivity contribution in [3.8, 4) is 0 Å². The van der Waals surface area contributed by atoms with E-state index in [-0.39, 0.29) is 0 Å². The topological polar surface area (TPSA) is 29.5 Å². The number of aliphatic hydroxyl groups is 1. The Morgan fingerprint density at radius 2 is 1.92 bits per heavy atom. The lowest BCUT2D eigenvalue weighted by atomic mass is 10.1. The van der Waals surface area contributed by atoms with Gasteiger partial charge in [-0.1, -0.05) is 20.3 Å². The van der Waals surface area contributed by atoms with Gasteiger partial charge in [0, 0.05) is 13.2 Å². The maximum Gasteiger partial charge on any atom is 0.0572 e. The molecule has 0 rings (SSSR count). The highest BCUT2D eigenvalue weighted by Crippen LogP contribution is 2.07. The van der Waals surface area contributed by atoms with Gasteiger partial charge in [0.15, 0.2) is 0 Å². The van der Waals surface area contributed by atoms with Crippen LogP contribution in [-0.2, 0) is 4.74 Å². The van der Waals surface area contributed by atoms with Crippen LogP contribution in [0.25, 0.3) is 0 Å². The van der Waals surface area contributed by atoms with Gasteiger partial charge >= 0.3 is 0 Å². The molecule has 0 aromatic heterocycles. The maximum absolute atomic E-state index is 8.56. The van der Waals surface area contributed by atoms with Crippen molar-refractivity contribution in [2.24, 2.45) is 0 Å². The van der Waals surface area contributed by atoms with Gasteiger partial charge in [-0.3, -0.25) is 0 Å². The van der Waals surface area contributed by atoms with Crippen molar-refractivity contribution in [3.63, 3.8) is 0 Å². The van der Waals surface area contributed by atoms with Crippen LogP contribution in [0.5, 0.6) is 0 Å². The Bertz CT molecular complexity index is 94.1. The summed E-state index contributed by atoms with van der Waals surface area (Å²) in [7, 11) is 0. The third-order valence-electron chi connectivity index (χ3n) is 2.22. The van der Waals surface area contributed by atoms with E-state index in [0.29, 0.717) is 12.7 Å². The number of unbranched alkanes of at least 4 members (excludes halogenated alkanes) is 2. The third kappa shape index (κ3) is 8.26. The molecule has 1 N–H and O–H groups in total. The van der Waals surface area contributed by atoms with Gasteiger partial charge in [0.2, 0.25) is 0 Å². The Balaban J connectivity index is 3.17. The van der Waals surface area contributed by atoms with Gasteiger partial charge in [0.05, 0.1) is 6.10 Å². The maximum atomic E-state index is 8.56. The van der Waals surface area contributed by atoms with E-state index >= 15 is 0 Å². The molecule has 0 saturated heterocycles. The van der Waals surface area contributed by atoms with Crippen molar-refractivity contribution in [3.05, 3.63) is 0 Å². The monoisotopic (exact) mass is 188 g/mol. The lowest BCUT2D eigenvalue weighted by molar-refractivity contribution is 0.0415. The average Bonchev–Trinajstić information content (AvgIpc) is 2.16. The first-order valence-corrected chi connectivity index (χ1v) is 5.57. The largest absolute Gasteiger partial charge is 0.396 e. The molecule has 0 aliphatic rings. The van der Waals surface area contributed by atoms with E-state index in [1.54, 1.807) is 0 Å². The highest BCUT2D eigenvalue weighted by Gasteiger charge is 2.03. The molecule has 0 amide bonds. The molecule has 0 aliphatic heterocycles. The molecule has 0 spiro atoms. The Hall–Kier alpha value is -0.0800. The van der Waals surface area contributed by atoms with Crippen LogP contribution in [0.1, 0.15) is 52.4 Å². The molecular formula is C11H24O2. The fourth-order valence-electron chi connectivity index (χ4n) is 1.37. The van der Waals surface area contributed by atoms with Crippen LogP contribution in [-0.4, -0.2) is 24.4 Å². The van der Waals surface area contributed by atoms with Gasteiger partial charge < -0.3 is 9.84 Å². The fourth-order valence-corrected chi connectivity index (χ4v) is 1.37. The summed E-state index contributed by atoms with van der Waals surface area (Å²) in [5.41, 5.74) is 0. The van der Waals surface area contributed by atoms with Crippen LogP contribution in [0.2, 0.25) is 0 Å². The van der Waals surface area contributed by atoms with Crippen LogP contribution in [0.3, 0.4) is 0 Å². The predicted octanol–water partition coefficient (Wildman–Crippen LogP) is 2.74. The first-order chi connectivity index (χ1) is 6.35. The minimum absolute atomic E-state index is 0.312. The van der Waals surface area contributed by atoms with Crippen LogP contribution in [0.15, 0.2) is 0 Å². The van der Waals surface area contributed by atoms with Crippen molar-refractivity contribution in [1.29, 1.82) is 0 Å². The lowest BCUT2D eigenvalue weighted by Gasteiger charge is -2.14. The second kappa shape index (κ2) is 10.0. The molecule has 2 nitrogen and oxygen atoms in total. The van der Waals surface area contributed by atoms with Gasteiger partial charge in [-0.15, -0.1) is 0 Å². The van der Waals surface area contributed by atoms with Gasteiger partial charge in [-0.25, -0.2) is 0 Å². The van der Waals surface area contributed by atoms with Crippen molar-refractivity contribution in [2.75, 3.05) is 13.2 Å². The average molecular weight is 188 g/mol. The molecule has 0 radical (unpaired) electrons. The minimum atomic E-state index is 0.312. The number of hydrogen-bond acceptors (Lipinski definition) is 2. The molecule has 0 aromatic rings.